The molecule has 0 aliphatic carbocycles. The lowest BCUT2D eigenvalue weighted by Gasteiger charge is -2.04. The summed E-state index contributed by atoms with van der Waals surface area (Å²) >= 11 is 1.70. The van der Waals surface area contributed by atoms with Crippen molar-refractivity contribution in [1.29, 1.82) is 0 Å². The summed E-state index contributed by atoms with van der Waals surface area (Å²) in [5, 5.41) is 0.945. The Morgan fingerprint density at radius 2 is 1.96 bits per heavy atom. The number of nitrogens with one attached hydrogen (secondary N) is 1. The Hall–Kier alpha value is -2.27. The highest BCUT2D eigenvalue weighted by Gasteiger charge is 2.11. The van der Waals surface area contributed by atoms with Gasteiger partial charge >= 0.3 is 0 Å². The van der Waals surface area contributed by atoms with Gasteiger partial charge in [0.25, 0.3) is 0 Å². The van der Waals surface area contributed by atoms with E-state index in [1.54, 1.807) is 11.8 Å². The zero-order valence-electron chi connectivity index (χ0n) is 13.2. The van der Waals surface area contributed by atoms with Crippen molar-refractivity contribution in [2.75, 3.05) is 0 Å². The number of nitrogens with zero attached hydrogens (tertiary/aromatic N) is 3. The fourth-order valence-corrected chi connectivity index (χ4v) is 3.72. The van der Waals surface area contributed by atoms with Crippen LogP contribution in [0.3, 0.4) is 0 Å². The first-order chi connectivity index (χ1) is 11.2. The van der Waals surface area contributed by atoms with Crippen molar-refractivity contribution in [3.8, 4) is 0 Å². The lowest BCUT2D eigenvalue weighted by Crippen LogP contribution is -2.00. The molecule has 5 heteroatoms. The first-order valence-electron chi connectivity index (χ1n) is 7.78. The largest absolute Gasteiger partial charge is 0.333 e. The second kappa shape index (κ2) is 5.74. The quantitative estimate of drug-likeness (QED) is 0.561. The Bertz CT molecular complexity index is 983. The summed E-state index contributed by atoms with van der Waals surface area (Å²) in [5.74, 6) is 1.90. The van der Waals surface area contributed by atoms with Crippen LogP contribution in [0.4, 0.5) is 0 Å². The van der Waals surface area contributed by atoms with Crippen LogP contribution in [0.1, 0.15) is 18.3 Å². The summed E-state index contributed by atoms with van der Waals surface area (Å²) in [6.45, 7) is 5.18. The molecule has 0 unspecified atom stereocenters. The van der Waals surface area contributed by atoms with Gasteiger partial charge in [-0.05, 0) is 43.7 Å². The molecule has 0 spiro atoms. The first kappa shape index (κ1) is 14.3. The monoisotopic (exact) mass is 322 g/mol. The predicted molar refractivity (Wildman–Crippen MR) is 95.8 cm³/mol. The average Bonchev–Trinajstić information content (AvgIpc) is 3.12. The Balaban J connectivity index is 1.62. The van der Waals surface area contributed by atoms with E-state index in [4.69, 9.17) is 4.98 Å². The smallest absolute Gasteiger partial charge is 0.166 e. The van der Waals surface area contributed by atoms with E-state index in [9.17, 15) is 0 Å². The third-order valence-electron chi connectivity index (χ3n) is 4.00. The molecule has 0 saturated carbocycles. The van der Waals surface area contributed by atoms with E-state index < -0.39 is 0 Å². The molecule has 2 aromatic carbocycles. The summed E-state index contributed by atoms with van der Waals surface area (Å²) in [6, 6.07) is 14.6. The molecule has 0 bridgehead atoms. The number of aryl methyl sites for hydroxylation is 2. The van der Waals surface area contributed by atoms with Gasteiger partial charge in [0.2, 0.25) is 0 Å². The maximum absolute atomic E-state index is 4.77. The minimum absolute atomic E-state index is 0.807. The summed E-state index contributed by atoms with van der Waals surface area (Å²) in [4.78, 5) is 12.8. The molecule has 0 atom stereocenters. The van der Waals surface area contributed by atoms with Gasteiger partial charge in [0.05, 0.1) is 27.8 Å². The fourth-order valence-electron chi connectivity index (χ4n) is 2.89. The Labute approximate surface area is 139 Å². The zero-order chi connectivity index (χ0) is 15.8. The van der Waals surface area contributed by atoms with E-state index in [-0.39, 0.29) is 0 Å². The number of hydrogen-bond donors (Lipinski definition) is 1. The number of rotatable bonds is 4. The van der Waals surface area contributed by atoms with Gasteiger partial charge in [0, 0.05) is 6.54 Å². The lowest BCUT2D eigenvalue weighted by atomic mass is 10.2. The van der Waals surface area contributed by atoms with Crippen LogP contribution in [0.5, 0.6) is 0 Å². The van der Waals surface area contributed by atoms with Crippen LogP contribution in [0.25, 0.3) is 22.1 Å². The van der Waals surface area contributed by atoms with Gasteiger partial charge < -0.3 is 9.55 Å². The van der Waals surface area contributed by atoms with Gasteiger partial charge in [-0.15, -0.1) is 0 Å². The van der Waals surface area contributed by atoms with Crippen molar-refractivity contribution in [3.63, 3.8) is 0 Å². The molecule has 0 amide bonds. The van der Waals surface area contributed by atoms with Crippen molar-refractivity contribution in [3.05, 3.63) is 53.9 Å². The number of para-hydroxylation sites is 2. The van der Waals surface area contributed by atoms with Gasteiger partial charge in [-0.2, -0.15) is 0 Å². The standard InChI is InChI=1S/C18H18N4S/c1-3-22-16-7-5-4-6-14(16)19-17(22)11-23-18-20-13-9-8-12(2)10-15(13)21-18/h4-10H,3,11H2,1-2H3,(H,20,21). The molecule has 0 radical (unpaired) electrons. The number of fused-ring (bicyclic) bond motifs is 2. The zero-order valence-corrected chi connectivity index (χ0v) is 14.0. The number of benzene rings is 2. The van der Waals surface area contributed by atoms with Gasteiger partial charge in [-0.1, -0.05) is 30.0 Å². The van der Waals surface area contributed by atoms with E-state index in [2.05, 4.69) is 64.8 Å². The van der Waals surface area contributed by atoms with Crippen molar-refractivity contribution >= 4 is 33.8 Å². The number of H-pyrrole nitrogens is 1. The second-order valence-electron chi connectivity index (χ2n) is 5.61. The van der Waals surface area contributed by atoms with Gasteiger partial charge in [-0.3, -0.25) is 0 Å². The molecule has 4 aromatic rings. The number of thioether (sulfide) groups is 1. The van der Waals surface area contributed by atoms with Crippen LogP contribution in [-0.2, 0) is 12.3 Å². The van der Waals surface area contributed by atoms with Crippen molar-refractivity contribution < 1.29 is 0 Å². The van der Waals surface area contributed by atoms with E-state index in [0.717, 1.165) is 39.8 Å². The molecule has 0 aliphatic heterocycles. The molecule has 4 nitrogen and oxygen atoms in total. The van der Waals surface area contributed by atoms with Gasteiger partial charge in [-0.25, -0.2) is 9.97 Å². The third kappa shape index (κ3) is 2.61. The SMILES string of the molecule is CCn1c(CSc2nc3ccc(C)cc3[nH]2)nc2ccccc21. The van der Waals surface area contributed by atoms with E-state index >= 15 is 0 Å². The maximum atomic E-state index is 4.77. The van der Waals surface area contributed by atoms with Crippen LogP contribution < -0.4 is 0 Å². The van der Waals surface area contributed by atoms with Crippen LogP contribution in [-0.4, -0.2) is 19.5 Å². The van der Waals surface area contributed by atoms with Gasteiger partial charge in [0.15, 0.2) is 5.16 Å². The molecule has 1 N–H and O–H groups in total. The fraction of sp³-hybridized carbons (Fsp3) is 0.222. The predicted octanol–water partition coefficient (Wildman–Crippen LogP) is 4.53. The summed E-state index contributed by atoms with van der Waals surface area (Å²) in [6.07, 6.45) is 0. The molecule has 2 heterocycles. The summed E-state index contributed by atoms with van der Waals surface area (Å²) in [5.41, 5.74) is 5.61. The van der Waals surface area contributed by atoms with Crippen LogP contribution in [0.15, 0.2) is 47.6 Å². The molecule has 4 rings (SSSR count). The van der Waals surface area contributed by atoms with Crippen molar-refractivity contribution in [1.82, 2.24) is 19.5 Å². The van der Waals surface area contributed by atoms with E-state index in [0.29, 0.717) is 0 Å². The number of imidazole rings is 2. The molecule has 2 aromatic heterocycles. The number of aromatic nitrogens is 4. The normalized spacial score (nSPS) is 11.6. The minimum atomic E-state index is 0.807. The average molecular weight is 322 g/mol. The summed E-state index contributed by atoms with van der Waals surface area (Å²) < 4.78 is 2.27. The Kier molecular flexibility index (Phi) is 3.58. The highest BCUT2D eigenvalue weighted by atomic mass is 32.2. The molecule has 0 fully saturated rings. The maximum Gasteiger partial charge on any atom is 0.166 e. The van der Waals surface area contributed by atoms with E-state index in [1.165, 1.54) is 11.1 Å². The Morgan fingerprint density at radius 1 is 1.09 bits per heavy atom. The minimum Gasteiger partial charge on any atom is -0.333 e. The first-order valence-corrected chi connectivity index (χ1v) is 8.76. The van der Waals surface area contributed by atoms with Crippen LogP contribution >= 0.6 is 11.8 Å². The van der Waals surface area contributed by atoms with Gasteiger partial charge in [0.1, 0.15) is 5.82 Å². The number of hydrogen-bond acceptors (Lipinski definition) is 3. The molecule has 0 aliphatic rings. The molecule has 23 heavy (non-hydrogen) atoms. The topological polar surface area (TPSA) is 46.5 Å². The second-order valence-corrected chi connectivity index (χ2v) is 6.58. The lowest BCUT2D eigenvalue weighted by molar-refractivity contribution is 0.748. The van der Waals surface area contributed by atoms with E-state index in [1.807, 2.05) is 6.07 Å². The van der Waals surface area contributed by atoms with Crippen LogP contribution in [0.2, 0.25) is 0 Å². The molecular formula is C18H18N4S. The third-order valence-corrected chi connectivity index (χ3v) is 4.87. The molecule has 116 valence electrons. The molecule has 0 saturated heterocycles. The van der Waals surface area contributed by atoms with Crippen molar-refractivity contribution in [2.24, 2.45) is 0 Å². The van der Waals surface area contributed by atoms with Crippen LogP contribution in [0, 0.1) is 6.92 Å². The highest BCUT2D eigenvalue weighted by molar-refractivity contribution is 7.98. The number of aromatic amines is 1. The Morgan fingerprint density at radius 3 is 2.83 bits per heavy atom. The summed E-state index contributed by atoms with van der Waals surface area (Å²) in [7, 11) is 0. The highest BCUT2D eigenvalue weighted by Crippen LogP contribution is 2.25. The van der Waals surface area contributed by atoms with Crippen molar-refractivity contribution in [2.45, 2.75) is 31.3 Å². The molecular weight excluding hydrogens is 304 g/mol.